The van der Waals surface area contributed by atoms with Gasteiger partial charge in [0.1, 0.15) is 5.75 Å². The van der Waals surface area contributed by atoms with E-state index in [0.717, 1.165) is 10.4 Å². The Morgan fingerprint density at radius 3 is 2.62 bits per heavy atom. The van der Waals surface area contributed by atoms with Crippen molar-refractivity contribution in [3.05, 3.63) is 40.1 Å². The third-order valence-electron chi connectivity index (χ3n) is 3.25. The van der Waals surface area contributed by atoms with Crippen LogP contribution in [0.2, 0.25) is 0 Å². The van der Waals surface area contributed by atoms with E-state index in [1.54, 1.807) is 18.4 Å². The Labute approximate surface area is 129 Å². The number of anilines is 1. The Bertz CT molecular complexity index is 738. The summed E-state index contributed by atoms with van der Waals surface area (Å²) in [5.41, 5.74) is 7.22. The molecule has 0 unspecified atom stereocenters. The smallest absolute Gasteiger partial charge is 0.243 e. The van der Waals surface area contributed by atoms with Gasteiger partial charge in [-0.1, -0.05) is 0 Å². The largest absolute Gasteiger partial charge is 0.495 e. The van der Waals surface area contributed by atoms with E-state index >= 15 is 0 Å². The van der Waals surface area contributed by atoms with Gasteiger partial charge in [-0.25, -0.2) is 8.42 Å². The molecule has 0 amide bonds. The summed E-state index contributed by atoms with van der Waals surface area (Å²) in [6, 6.07) is 6.45. The zero-order valence-corrected chi connectivity index (χ0v) is 13.8. The lowest BCUT2D eigenvalue weighted by Gasteiger charge is -2.17. The molecule has 0 aliphatic heterocycles. The van der Waals surface area contributed by atoms with E-state index < -0.39 is 10.0 Å². The number of hydrogen-bond donors (Lipinski definition) is 1. The van der Waals surface area contributed by atoms with Gasteiger partial charge >= 0.3 is 0 Å². The lowest BCUT2D eigenvalue weighted by atomic mass is 10.3. The Morgan fingerprint density at radius 1 is 1.33 bits per heavy atom. The predicted octanol–water partition coefficient (Wildman–Crippen LogP) is 2.47. The molecule has 1 heterocycles. The fourth-order valence-electron chi connectivity index (χ4n) is 1.89. The first-order valence-electron chi connectivity index (χ1n) is 6.29. The van der Waals surface area contributed by atoms with Crippen molar-refractivity contribution in [2.75, 3.05) is 19.9 Å². The lowest BCUT2D eigenvalue weighted by molar-refractivity contribution is 0.415. The molecule has 1 aromatic carbocycles. The average Bonchev–Trinajstić information content (AvgIpc) is 2.84. The molecule has 21 heavy (non-hydrogen) atoms. The monoisotopic (exact) mass is 326 g/mol. The van der Waals surface area contributed by atoms with Crippen LogP contribution < -0.4 is 10.5 Å². The minimum absolute atomic E-state index is 0.172. The van der Waals surface area contributed by atoms with Gasteiger partial charge < -0.3 is 10.5 Å². The van der Waals surface area contributed by atoms with Crippen molar-refractivity contribution >= 4 is 27.0 Å². The summed E-state index contributed by atoms with van der Waals surface area (Å²) in [4.78, 5) is 1.20. The molecule has 2 aromatic rings. The Hall–Kier alpha value is -1.57. The maximum Gasteiger partial charge on any atom is 0.243 e. The molecular formula is C14H18N2O3S2. The summed E-state index contributed by atoms with van der Waals surface area (Å²) in [7, 11) is -0.551. The molecule has 0 radical (unpaired) electrons. The first-order valence-corrected chi connectivity index (χ1v) is 8.61. The highest BCUT2D eigenvalue weighted by molar-refractivity contribution is 7.89. The minimum atomic E-state index is -3.58. The average molecular weight is 326 g/mol. The van der Waals surface area contributed by atoms with Crippen LogP contribution in [0.15, 0.2) is 34.5 Å². The molecule has 0 fully saturated rings. The van der Waals surface area contributed by atoms with Gasteiger partial charge in [0.2, 0.25) is 10.0 Å². The van der Waals surface area contributed by atoms with Gasteiger partial charge in [0.25, 0.3) is 0 Å². The van der Waals surface area contributed by atoms with E-state index in [1.807, 2.05) is 18.4 Å². The van der Waals surface area contributed by atoms with E-state index in [4.69, 9.17) is 10.5 Å². The molecule has 7 heteroatoms. The molecule has 5 nitrogen and oxygen atoms in total. The van der Waals surface area contributed by atoms with Crippen molar-refractivity contribution in [1.29, 1.82) is 0 Å². The summed E-state index contributed by atoms with van der Waals surface area (Å²) >= 11 is 1.55. The van der Waals surface area contributed by atoms with Crippen LogP contribution in [0.25, 0.3) is 0 Å². The van der Waals surface area contributed by atoms with Crippen LogP contribution in [-0.4, -0.2) is 26.9 Å². The van der Waals surface area contributed by atoms with Gasteiger partial charge in [-0.05, 0) is 36.1 Å². The van der Waals surface area contributed by atoms with Crippen LogP contribution >= 0.6 is 11.3 Å². The van der Waals surface area contributed by atoms with Crippen LogP contribution in [0.3, 0.4) is 0 Å². The van der Waals surface area contributed by atoms with Crippen molar-refractivity contribution in [3.63, 3.8) is 0 Å². The number of methoxy groups -OCH3 is 1. The molecule has 2 rings (SSSR count). The molecule has 0 aliphatic carbocycles. The summed E-state index contributed by atoms with van der Waals surface area (Å²) in [6.45, 7) is 2.32. The van der Waals surface area contributed by atoms with Crippen molar-refractivity contribution in [2.24, 2.45) is 0 Å². The van der Waals surface area contributed by atoms with Crippen molar-refractivity contribution in [2.45, 2.75) is 18.4 Å². The summed E-state index contributed by atoms with van der Waals surface area (Å²) in [6.07, 6.45) is 0. The van der Waals surface area contributed by atoms with Gasteiger partial charge in [-0.15, -0.1) is 11.3 Å². The lowest BCUT2D eigenvalue weighted by Crippen LogP contribution is -2.26. The maximum absolute atomic E-state index is 12.6. The number of benzene rings is 1. The van der Waals surface area contributed by atoms with Gasteiger partial charge in [-0.2, -0.15) is 4.31 Å². The number of rotatable bonds is 5. The topological polar surface area (TPSA) is 72.6 Å². The van der Waals surface area contributed by atoms with E-state index in [1.165, 1.54) is 29.6 Å². The minimum Gasteiger partial charge on any atom is -0.495 e. The number of nitrogens with zero attached hydrogens (tertiary/aromatic N) is 1. The Morgan fingerprint density at radius 2 is 2.05 bits per heavy atom. The quantitative estimate of drug-likeness (QED) is 0.857. The number of ether oxygens (including phenoxy) is 1. The highest BCUT2D eigenvalue weighted by Gasteiger charge is 2.22. The van der Waals surface area contributed by atoms with Crippen LogP contribution in [-0.2, 0) is 16.6 Å². The zero-order valence-electron chi connectivity index (χ0n) is 12.2. The van der Waals surface area contributed by atoms with Crippen LogP contribution in [0, 0.1) is 6.92 Å². The number of sulfonamides is 1. The predicted molar refractivity (Wildman–Crippen MR) is 85.1 cm³/mol. The van der Waals surface area contributed by atoms with Gasteiger partial charge in [0, 0.05) is 24.5 Å². The third kappa shape index (κ3) is 3.20. The summed E-state index contributed by atoms with van der Waals surface area (Å²) in [5.74, 6) is 0.358. The summed E-state index contributed by atoms with van der Waals surface area (Å²) < 4.78 is 31.6. The molecule has 2 N–H and O–H groups in total. The molecule has 0 saturated heterocycles. The number of nitrogens with two attached hydrogens (primary N) is 1. The fraction of sp³-hybridized carbons (Fsp3) is 0.286. The number of hydrogen-bond acceptors (Lipinski definition) is 5. The van der Waals surface area contributed by atoms with Crippen molar-refractivity contribution in [3.8, 4) is 5.75 Å². The van der Waals surface area contributed by atoms with Gasteiger partial charge in [0.05, 0.1) is 17.7 Å². The van der Waals surface area contributed by atoms with E-state index in [-0.39, 0.29) is 4.90 Å². The molecular weight excluding hydrogens is 308 g/mol. The highest BCUT2D eigenvalue weighted by Crippen LogP contribution is 2.27. The first kappa shape index (κ1) is 15.8. The Balaban J connectivity index is 2.31. The maximum atomic E-state index is 12.6. The van der Waals surface area contributed by atoms with Crippen molar-refractivity contribution < 1.29 is 13.2 Å². The molecule has 0 aliphatic rings. The van der Waals surface area contributed by atoms with Crippen LogP contribution in [0.5, 0.6) is 5.75 Å². The molecule has 0 atom stereocenters. The second-order valence-corrected chi connectivity index (χ2v) is 7.74. The fourth-order valence-corrected chi connectivity index (χ4v) is 4.08. The second-order valence-electron chi connectivity index (χ2n) is 4.69. The number of nitrogen functional groups attached to an aromatic ring is 1. The van der Waals surface area contributed by atoms with Crippen LogP contribution in [0.4, 0.5) is 5.69 Å². The van der Waals surface area contributed by atoms with Gasteiger partial charge in [0.15, 0.2) is 0 Å². The number of aryl methyl sites for hydroxylation is 1. The SMILES string of the molecule is COc1cc(S(=O)(=O)N(C)Cc2sccc2C)ccc1N. The van der Waals surface area contributed by atoms with Gasteiger partial charge in [-0.3, -0.25) is 0 Å². The Kier molecular flexibility index (Phi) is 4.55. The third-order valence-corrected chi connectivity index (χ3v) is 6.05. The normalized spacial score (nSPS) is 11.8. The van der Waals surface area contributed by atoms with E-state index in [9.17, 15) is 8.42 Å². The molecule has 114 valence electrons. The summed E-state index contributed by atoms with van der Waals surface area (Å²) in [5, 5.41) is 1.96. The van der Waals surface area contributed by atoms with Crippen molar-refractivity contribution in [1.82, 2.24) is 4.31 Å². The second kappa shape index (κ2) is 6.05. The molecule has 0 spiro atoms. The van der Waals surface area contributed by atoms with E-state index in [2.05, 4.69) is 0 Å². The highest BCUT2D eigenvalue weighted by atomic mass is 32.2. The molecule has 0 saturated carbocycles. The molecule has 0 bridgehead atoms. The number of thiophene rings is 1. The first-order chi connectivity index (χ1) is 9.86. The standard InChI is InChI=1S/C14H18N2O3S2/c1-10-6-7-20-14(10)9-16(2)21(17,18)11-4-5-12(15)13(8-11)19-3/h4-8H,9,15H2,1-3H3. The van der Waals surface area contributed by atoms with E-state index in [0.29, 0.717) is 18.0 Å². The molecule has 1 aromatic heterocycles. The zero-order chi connectivity index (χ0) is 15.6. The van der Waals surface area contributed by atoms with Crippen LogP contribution in [0.1, 0.15) is 10.4 Å².